The fraction of sp³-hybridized carbons (Fsp3) is 0.889. The number of rotatable bonds is 3. The number of nitrogens with one attached hydrogen (secondary N) is 1. The molecule has 0 aromatic carbocycles. The Balaban J connectivity index is 2.03. The molecule has 0 spiro atoms. The van der Waals surface area contributed by atoms with Crippen molar-refractivity contribution in [1.82, 2.24) is 9.62 Å². The standard InChI is InChI=1S/C9H16N2O3S/c1-15(13,14)11-6-2-3-8(11)9(12)10-7-4-5-7/h7-8H,2-6H2,1H3,(H,10,12). The molecule has 6 heteroatoms. The zero-order chi connectivity index (χ0) is 11.1. The maximum atomic E-state index is 11.7. The highest BCUT2D eigenvalue weighted by atomic mass is 32.2. The zero-order valence-corrected chi connectivity index (χ0v) is 9.59. The van der Waals surface area contributed by atoms with Gasteiger partial charge in [0.2, 0.25) is 15.9 Å². The van der Waals surface area contributed by atoms with Crippen molar-refractivity contribution in [3.63, 3.8) is 0 Å². The van der Waals surface area contributed by atoms with Crippen LogP contribution in [0.15, 0.2) is 0 Å². The van der Waals surface area contributed by atoms with Gasteiger partial charge in [0.1, 0.15) is 6.04 Å². The van der Waals surface area contributed by atoms with Crippen molar-refractivity contribution in [3.8, 4) is 0 Å². The highest BCUT2D eigenvalue weighted by molar-refractivity contribution is 7.88. The normalized spacial score (nSPS) is 27.9. The van der Waals surface area contributed by atoms with Gasteiger partial charge in [0.25, 0.3) is 0 Å². The fourth-order valence-electron chi connectivity index (χ4n) is 1.92. The van der Waals surface area contributed by atoms with E-state index in [0.717, 1.165) is 25.5 Å². The molecule has 86 valence electrons. The first-order valence-corrected chi connectivity index (χ1v) is 7.10. The minimum absolute atomic E-state index is 0.125. The van der Waals surface area contributed by atoms with Crippen LogP contribution in [0.1, 0.15) is 25.7 Å². The van der Waals surface area contributed by atoms with Gasteiger partial charge in [-0.15, -0.1) is 0 Å². The summed E-state index contributed by atoms with van der Waals surface area (Å²) < 4.78 is 24.1. The molecular weight excluding hydrogens is 216 g/mol. The average molecular weight is 232 g/mol. The smallest absolute Gasteiger partial charge is 0.238 e. The monoisotopic (exact) mass is 232 g/mol. The number of hydrogen-bond acceptors (Lipinski definition) is 3. The summed E-state index contributed by atoms with van der Waals surface area (Å²) in [5, 5.41) is 2.85. The summed E-state index contributed by atoms with van der Waals surface area (Å²) >= 11 is 0. The Kier molecular flexibility index (Phi) is 2.72. The van der Waals surface area contributed by atoms with Crippen molar-refractivity contribution in [2.75, 3.05) is 12.8 Å². The molecule has 1 unspecified atom stereocenters. The molecule has 1 heterocycles. The Morgan fingerprint density at radius 3 is 2.53 bits per heavy atom. The summed E-state index contributed by atoms with van der Waals surface area (Å²) in [6.45, 7) is 0.474. The molecule has 1 amide bonds. The van der Waals surface area contributed by atoms with Crippen LogP contribution in [0.3, 0.4) is 0 Å². The molecule has 1 saturated carbocycles. The van der Waals surface area contributed by atoms with Crippen molar-refractivity contribution in [2.45, 2.75) is 37.8 Å². The maximum absolute atomic E-state index is 11.7. The topological polar surface area (TPSA) is 66.5 Å². The van der Waals surface area contributed by atoms with Gasteiger partial charge in [-0.2, -0.15) is 4.31 Å². The summed E-state index contributed by atoms with van der Waals surface area (Å²) in [6.07, 6.45) is 4.63. The number of nitrogens with zero attached hydrogens (tertiary/aromatic N) is 1. The summed E-state index contributed by atoms with van der Waals surface area (Å²) in [4.78, 5) is 11.7. The van der Waals surface area contributed by atoms with Gasteiger partial charge < -0.3 is 5.32 Å². The van der Waals surface area contributed by atoms with Crippen LogP contribution < -0.4 is 5.32 Å². The van der Waals surface area contributed by atoms with Crippen LogP contribution in [-0.4, -0.2) is 43.5 Å². The lowest BCUT2D eigenvalue weighted by Gasteiger charge is -2.21. The van der Waals surface area contributed by atoms with Crippen molar-refractivity contribution < 1.29 is 13.2 Å². The number of carbonyl (C=O) groups excluding carboxylic acids is 1. The molecule has 1 N–H and O–H groups in total. The molecule has 2 fully saturated rings. The van der Waals surface area contributed by atoms with Crippen molar-refractivity contribution in [1.29, 1.82) is 0 Å². The molecular formula is C9H16N2O3S. The van der Waals surface area contributed by atoms with E-state index in [0.29, 0.717) is 19.0 Å². The third kappa shape index (κ3) is 2.49. The summed E-state index contributed by atoms with van der Waals surface area (Å²) in [5.41, 5.74) is 0. The molecule has 2 aliphatic rings. The highest BCUT2D eigenvalue weighted by Crippen LogP contribution is 2.23. The van der Waals surface area contributed by atoms with E-state index in [4.69, 9.17) is 0 Å². The summed E-state index contributed by atoms with van der Waals surface area (Å²) in [6, 6.07) is -0.180. The van der Waals surface area contributed by atoms with Crippen LogP contribution in [-0.2, 0) is 14.8 Å². The number of hydrogen-bond donors (Lipinski definition) is 1. The van der Waals surface area contributed by atoms with E-state index < -0.39 is 16.1 Å². The van der Waals surface area contributed by atoms with E-state index in [1.807, 2.05) is 0 Å². The van der Waals surface area contributed by atoms with Crippen LogP contribution >= 0.6 is 0 Å². The fourth-order valence-corrected chi connectivity index (χ4v) is 3.05. The predicted octanol–water partition coefficient (Wildman–Crippen LogP) is -0.311. The van der Waals surface area contributed by atoms with E-state index >= 15 is 0 Å². The van der Waals surface area contributed by atoms with Crippen LogP contribution in [0.5, 0.6) is 0 Å². The van der Waals surface area contributed by atoms with Crippen LogP contribution in [0.25, 0.3) is 0 Å². The Hall–Kier alpha value is -0.620. The van der Waals surface area contributed by atoms with Gasteiger partial charge in [-0.3, -0.25) is 4.79 Å². The van der Waals surface area contributed by atoms with Crippen molar-refractivity contribution in [2.24, 2.45) is 0 Å². The first kappa shape index (κ1) is 10.9. The number of amides is 1. The lowest BCUT2D eigenvalue weighted by atomic mass is 10.2. The third-order valence-corrected chi connectivity index (χ3v) is 4.15. The second-order valence-corrected chi connectivity index (χ2v) is 6.25. The van der Waals surface area contributed by atoms with Crippen molar-refractivity contribution >= 4 is 15.9 Å². The molecule has 2 rings (SSSR count). The lowest BCUT2D eigenvalue weighted by Crippen LogP contribution is -2.46. The van der Waals surface area contributed by atoms with Crippen LogP contribution in [0.2, 0.25) is 0 Å². The molecule has 15 heavy (non-hydrogen) atoms. The molecule has 1 aliphatic heterocycles. The SMILES string of the molecule is CS(=O)(=O)N1CCCC1C(=O)NC1CC1. The number of sulfonamides is 1. The lowest BCUT2D eigenvalue weighted by molar-refractivity contribution is -0.124. The largest absolute Gasteiger partial charge is 0.352 e. The second-order valence-electron chi connectivity index (χ2n) is 4.31. The molecule has 1 saturated heterocycles. The third-order valence-electron chi connectivity index (χ3n) is 2.86. The van der Waals surface area contributed by atoms with Gasteiger partial charge in [0.15, 0.2) is 0 Å². The van der Waals surface area contributed by atoms with Gasteiger partial charge in [-0.25, -0.2) is 8.42 Å². The van der Waals surface area contributed by atoms with E-state index in [-0.39, 0.29) is 5.91 Å². The van der Waals surface area contributed by atoms with Crippen LogP contribution in [0.4, 0.5) is 0 Å². The first-order valence-electron chi connectivity index (χ1n) is 5.25. The van der Waals surface area contributed by atoms with E-state index in [1.165, 1.54) is 4.31 Å². The number of carbonyl (C=O) groups is 1. The second kappa shape index (κ2) is 3.75. The molecule has 0 bridgehead atoms. The zero-order valence-electron chi connectivity index (χ0n) is 8.77. The van der Waals surface area contributed by atoms with Crippen LogP contribution in [0, 0.1) is 0 Å². The minimum Gasteiger partial charge on any atom is -0.352 e. The quantitative estimate of drug-likeness (QED) is 0.726. The Morgan fingerprint density at radius 2 is 2.00 bits per heavy atom. The van der Waals surface area contributed by atoms with E-state index in [2.05, 4.69) is 5.32 Å². The molecule has 1 atom stereocenters. The van der Waals surface area contributed by atoms with E-state index in [9.17, 15) is 13.2 Å². The summed E-state index contributed by atoms with van der Waals surface area (Å²) in [5.74, 6) is -0.125. The molecule has 0 aromatic rings. The Labute approximate surface area is 89.9 Å². The molecule has 5 nitrogen and oxygen atoms in total. The average Bonchev–Trinajstić information content (AvgIpc) is 2.80. The van der Waals surface area contributed by atoms with Gasteiger partial charge in [0.05, 0.1) is 6.26 Å². The molecule has 1 aliphatic carbocycles. The van der Waals surface area contributed by atoms with Gasteiger partial charge in [-0.05, 0) is 25.7 Å². The van der Waals surface area contributed by atoms with E-state index in [1.54, 1.807) is 0 Å². The first-order chi connectivity index (χ1) is 6.98. The highest BCUT2D eigenvalue weighted by Gasteiger charge is 2.38. The van der Waals surface area contributed by atoms with Gasteiger partial charge >= 0.3 is 0 Å². The van der Waals surface area contributed by atoms with Crippen molar-refractivity contribution in [3.05, 3.63) is 0 Å². The predicted molar refractivity (Wildman–Crippen MR) is 55.7 cm³/mol. The summed E-state index contributed by atoms with van der Waals surface area (Å²) in [7, 11) is -3.24. The Morgan fingerprint density at radius 1 is 1.33 bits per heavy atom. The minimum atomic E-state index is -3.24. The molecule has 0 aromatic heterocycles. The molecule has 0 radical (unpaired) electrons. The Bertz CT molecular complexity index is 362. The van der Waals surface area contributed by atoms with Gasteiger partial charge in [-0.1, -0.05) is 0 Å². The van der Waals surface area contributed by atoms with Gasteiger partial charge in [0, 0.05) is 12.6 Å². The maximum Gasteiger partial charge on any atom is 0.238 e.